The fourth-order valence-electron chi connectivity index (χ4n) is 4.54. The Hall–Kier alpha value is -1.80. The molecule has 0 spiro atoms. The van der Waals surface area contributed by atoms with Gasteiger partial charge in [-0.05, 0) is 61.4 Å². The summed E-state index contributed by atoms with van der Waals surface area (Å²) in [5.41, 5.74) is 3.69. The van der Waals surface area contributed by atoms with Crippen molar-refractivity contribution in [1.82, 2.24) is 0 Å². The molecule has 2 aromatic carbocycles. The number of aryl methyl sites for hydroxylation is 1. The third-order valence-corrected chi connectivity index (χ3v) is 6.19. The first-order valence-electron chi connectivity index (χ1n) is 9.88. The Morgan fingerprint density at radius 3 is 2.46 bits per heavy atom. The summed E-state index contributed by atoms with van der Waals surface area (Å²) < 4.78 is 0. The molecule has 4 rings (SSSR count). The SMILES string of the molecule is O=C(C1CCCCC1)N1c2ccccc2CCC1Cc1ccc(Cl)cc1. The van der Waals surface area contributed by atoms with Crippen molar-refractivity contribution < 1.29 is 4.79 Å². The number of amides is 1. The molecule has 0 bridgehead atoms. The van der Waals surface area contributed by atoms with Gasteiger partial charge in [-0.3, -0.25) is 4.79 Å². The molecule has 1 heterocycles. The highest BCUT2D eigenvalue weighted by Gasteiger charge is 2.35. The standard InChI is InChI=1S/C23H26ClNO/c24-20-13-10-17(11-14-20)16-21-15-12-18-6-4-5-9-22(18)25(21)23(26)19-7-2-1-3-8-19/h4-6,9-11,13-14,19,21H,1-3,7-8,12,15-16H2. The normalized spacial score (nSPS) is 20.7. The number of halogens is 1. The van der Waals surface area contributed by atoms with E-state index < -0.39 is 0 Å². The smallest absolute Gasteiger partial charge is 0.230 e. The van der Waals surface area contributed by atoms with E-state index in [1.165, 1.54) is 30.4 Å². The molecule has 1 atom stereocenters. The van der Waals surface area contributed by atoms with Crippen LogP contribution in [0.15, 0.2) is 48.5 Å². The van der Waals surface area contributed by atoms with Crippen molar-refractivity contribution in [3.8, 4) is 0 Å². The molecule has 1 saturated carbocycles. The van der Waals surface area contributed by atoms with Gasteiger partial charge in [0.05, 0.1) is 0 Å². The third kappa shape index (κ3) is 3.66. The van der Waals surface area contributed by atoms with Gasteiger partial charge < -0.3 is 4.90 Å². The van der Waals surface area contributed by atoms with Crippen LogP contribution in [0, 0.1) is 5.92 Å². The van der Waals surface area contributed by atoms with E-state index >= 15 is 0 Å². The molecular formula is C23H26ClNO. The summed E-state index contributed by atoms with van der Waals surface area (Å²) in [6.45, 7) is 0. The highest BCUT2D eigenvalue weighted by molar-refractivity contribution is 6.30. The van der Waals surface area contributed by atoms with Gasteiger partial charge in [-0.1, -0.05) is 61.2 Å². The first-order chi connectivity index (χ1) is 12.7. The highest BCUT2D eigenvalue weighted by atomic mass is 35.5. The number of nitrogens with zero attached hydrogens (tertiary/aromatic N) is 1. The van der Waals surface area contributed by atoms with Gasteiger partial charge in [0.2, 0.25) is 5.91 Å². The van der Waals surface area contributed by atoms with Crippen LogP contribution >= 0.6 is 11.6 Å². The Kier molecular flexibility index (Phi) is 5.31. The Bertz CT molecular complexity index is 764. The fraction of sp³-hybridized carbons (Fsp3) is 0.435. The number of fused-ring (bicyclic) bond motifs is 1. The van der Waals surface area contributed by atoms with Gasteiger partial charge in [0.25, 0.3) is 0 Å². The topological polar surface area (TPSA) is 20.3 Å². The van der Waals surface area contributed by atoms with Crippen molar-refractivity contribution in [1.29, 1.82) is 0 Å². The minimum absolute atomic E-state index is 0.197. The molecule has 0 saturated heterocycles. The second-order valence-corrected chi connectivity index (χ2v) is 8.13. The monoisotopic (exact) mass is 367 g/mol. The van der Waals surface area contributed by atoms with Crippen molar-refractivity contribution in [2.75, 3.05) is 4.90 Å². The summed E-state index contributed by atoms with van der Waals surface area (Å²) in [5.74, 6) is 0.540. The average molecular weight is 368 g/mol. The van der Waals surface area contributed by atoms with Gasteiger partial charge >= 0.3 is 0 Å². The van der Waals surface area contributed by atoms with Crippen molar-refractivity contribution >= 4 is 23.2 Å². The molecule has 2 nitrogen and oxygen atoms in total. The van der Waals surface area contributed by atoms with Crippen LogP contribution in [0.4, 0.5) is 5.69 Å². The Balaban J connectivity index is 1.63. The van der Waals surface area contributed by atoms with E-state index in [0.29, 0.717) is 5.91 Å². The van der Waals surface area contributed by atoms with Gasteiger partial charge in [0, 0.05) is 22.7 Å². The maximum atomic E-state index is 13.5. The quantitative estimate of drug-likeness (QED) is 0.670. The van der Waals surface area contributed by atoms with Crippen molar-refractivity contribution in [2.24, 2.45) is 5.92 Å². The molecule has 26 heavy (non-hydrogen) atoms. The Morgan fingerprint density at radius 2 is 1.69 bits per heavy atom. The summed E-state index contributed by atoms with van der Waals surface area (Å²) >= 11 is 6.04. The van der Waals surface area contributed by atoms with E-state index in [-0.39, 0.29) is 12.0 Å². The lowest BCUT2D eigenvalue weighted by Gasteiger charge is -2.40. The number of para-hydroxylation sites is 1. The lowest BCUT2D eigenvalue weighted by atomic mass is 9.85. The third-order valence-electron chi connectivity index (χ3n) is 5.94. The molecule has 1 amide bonds. The van der Waals surface area contributed by atoms with Gasteiger partial charge in [0.1, 0.15) is 0 Å². The molecular weight excluding hydrogens is 342 g/mol. The number of hydrogen-bond donors (Lipinski definition) is 0. The first kappa shape index (κ1) is 17.6. The summed E-state index contributed by atoms with van der Waals surface area (Å²) in [7, 11) is 0. The van der Waals surface area contributed by atoms with Crippen LogP contribution in [0.3, 0.4) is 0 Å². The molecule has 0 aromatic heterocycles. The fourth-order valence-corrected chi connectivity index (χ4v) is 4.66. The van der Waals surface area contributed by atoms with Gasteiger partial charge in [-0.2, -0.15) is 0 Å². The van der Waals surface area contributed by atoms with E-state index in [0.717, 1.165) is 42.8 Å². The zero-order valence-corrected chi connectivity index (χ0v) is 15.9. The van der Waals surface area contributed by atoms with Crippen molar-refractivity contribution in [2.45, 2.75) is 57.4 Å². The van der Waals surface area contributed by atoms with Gasteiger partial charge in [0.15, 0.2) is 0 Å². The second kappa shape index (κ2) is 7.84. The molecule has 0 N–H and O–H groups in total. The molecule has 1 aliphatic heterocycles. The van der Waals surface area contributed by atoms with Crippen LogP contribution in [0.25, 0.3) is 0 Å². The van der Waals surface area contributed by atoms with E-state index in [2.05, 4.69) is 41.3 Å². The summed E-state index contributed by atoms with van der Waals surface area (Å²) in [6, 6.07) is 16.8. The Morgan fingerprint density at radius 1 is 0.962 bits per heavy atom. The molecule has 1 unspecified atom stereocenters. The Labute approximate surface area is 161 Å². The maximum Gasteiger partial charge on any atom is 0.230 e. The predicted octanol–water partition coefficient (Wildman–Crippen LogP) is 5.81. The maximum absolute atomic E-state index is 13.5. The lowest BCUT2D eigenvalue weighted by molar-refractivity contribution is -0.123. The predicted molar refractivity (Wildman–Crippen MR) is 108 cm³/mol. The van der Waals surface area contributed by atoms with E-state index in [1.54, 1.807) is 0 Å². The van der Waals surface area contributed by atoms with Crippen LogP contribution in [-0.2, 0) is 17.6 Å². The molecule has 2 aliphatic rings. The van der Waals surface area contributed by atoms with Crippen molar-refractivity contribution in [3.63, 3.8) is 0 Å². The molecule has 1 fully saturated rings. The van der Waals surface area contributed by atoms with Crippen molar-refractivity contribution in [3.05, 3.63) is 64.7 Å². The summed E-state index contributed by atoms with van der Waals surface area (Å²) in [6.07, 6.45) is 8.71. The van der Waals surface area contributed by atoms with Crippen LogP contribution in [0.1, 0.15) is 49.7 Å². The molecule has 3 heteroatoms. The van der Waals surface area contributed by atoms with Gasteiger partial charge in [-0.15, -0.1) is 0 Å². The number of anilines is 1. The number of carbonyl (C=O) groups is 1. The number of carbonyl (C=O) groups excluding carboxylic acids is 1. The number of rotatable bonds is 3. The zero-order valence-electron chi connectivity index (χ0n) is 15.2. The average Bonchev–Trinajstić information content (AvgIpc) is 2.70. The minimum atomic E-state index is 0.197. The van der Waals surface area contributed by atoms with Crippen LogP contribution < -0.4 is 4.90 Å². The minimum Gasteiger partial charge on any atom is -0.309 e. The van der Waals surface area contributed by atoms with Crippen LogP contribution in [0.2, 0.25) is 5.02 Å². The van der Waals surface area contributed by atoms with E-state index in [9.17, 15) is 4.79 Å². The molecule has 1 aliphatic carbocycles. The number of hydrogen-bond acceptors (Lipinski definition) is 1. The summed E-state index contributed by atoms with van der Waals surface area (Å²) in [5, 5.41) is 0.762. The van der Waals surface area contributed by atoms with Crippen LogP contribution in [0.5, 0.6) is 0 Å². The number of benzene rings is 2. The van der Waals surface area contributed by atoms with E-state index in [4.69, 9.17) is 11.6 Å². The van der Waals surface area contributed by atoms with Crippen LogP contribution in [-0.4, -0.2) is 11.9 Å². The van der Waals surface area contributed by atoms with E-state index in [1.807, 2.05) is 12.1 Å². The largest absolute Gasteiger partial charge is 0.309 e. The first-order valence-corrected chi connectivity index (χ1v) is 10.3. The van der Waals surface area contributed by atoms with Gasteiger partial charge in [-0.25, -0.2) is 0 Å². The zero-order chi connectivity index (χ0) is 17.9. The lowest BCUT2D eigenvalue weighted by Crippen LogP contribution is -2.48. The second-order valence-electron chi connectivity index (χ2n) is 7.69. The molecule has 0 radical (unpaired) electrons. The molecule has 2 aromatic rings. The summed E-state index contributed by atoms with van der Waals surface area (Å²) in [4.78, 5) is 15.6. The molecule has 136 valence electrons. The highest BCUT2D eigenvalue weighted by Crippen LogP contribution is 2.36.